The molecular formula is C14H25NO5. The van der Waals surface area contributed by atoms with Gasteiger partial charge in [-0.1, -0.05) is 13.8 Å². The highest BCUT2D eigenvalue weighted by Gasteiger charge is 2.16. The zero-order valence-corrected chi connectivity index (χ0v) is 12.5. The minimum atomic E-state index is -0.851. The summed E-state index contributed by atoms with van der Waals surface area (Å²) in [6, 6.07) is 0. The number of methoxy groups -OCH3 is 1. The van der Waals surface area contributed by atoms with Crippen LogP contribution in [0.15, 0.2) is 0 Å². The predicted molar refractivity (Wildman–Crippen MR) is 74.1 cm³/mol. The quantitative estimate of drug-likeness (QED) is 0.595. The molecule has 0 aliphatic rings. The van der Waals surface area contributed by atoms with E-state index in [-0.39, 0.29) is 37.1 Å². The fourth-order valence-corrected chi connectivity index (χ4v) is 1.99. The molecule has 0 aliphatic carbocycles. The molecule has 0 aromatic heterocycles. The third kappa shape index (κ3) is 10.3. The third-order valence-corrected chi connectivity index (χ3v) is 2.87. The molecule has 1 atom stereocenters. The summed E-state index contributed by atoms with van der Waals surface area (Å²) in [7, 11) is 1.31. The van der Waals surface area contributed by atoms with Crippen LogP contribution in [-0.2, 0) is 19.1 Å². The molecule has 0 saturated heterocycles. The average Bonchev–Trinajstić information content (AvgIpc) is 2.34. The van der Waals surface area contributed by atoms with Gasteiger partial charge in [0.2, 0.25) is 5.91 Å². The molecule has 1 unspecified atom stereocenters. The van der Waals surface area contributed by atoms with E-state index >= 15 is 0 Å². The number of ether oxygens (including phenoxy) is 1. The van der Waals surface area contributed by atoms with Crippen molar-refractivity contribution in [3.8, 4) is 0 Å². The second kappa shape index (κ2) is 10.2. The van der Waals surface area contributed by atoms with Crippen LogP contribution in [0.5, 0.6) is 0 Å². The van der Waals surface area contributed by atoms with Crippen LogP contribution in [0.4, 0.5) is 0 Å². The van der Waals surface area contributed by atoms with Crippen LogP contribution in [0.2, 0.25) is 0 Å². The molecule has 2 N–H and O–H groups in total. The second-order valence-electron chi connectivity index (χ2n) is 5.33. The molecule has 1 amide bonds. The largest absolute Gasteiger partial charge is 0.481 e. The van der Waals surface area contributed by atoms with Crippen LogP contribution < -0.4 is 5.32 Å². The summed E-state index contributed by atoms with van der Waals surface area (Å²) in [5.74, 6) is -1.02. The maximum absolute atomic E-state index is 11.6. The van der Waals surface area contributed by atoms with Gasteiger partial charge in [-0.25, -0.2) is 0 Å². The monoisotopic (exact) mass is 287 g/mol. The van der Waals surface area contributed by atoms with Crippen molar-refractivity contribution in [2.75, 3.05) is 13.7 Å². The minimum absolute atomic E-state index is 0.0562. The number of carboxylic acid groups (broad SMARTS) is 1. The Bertz CT molecular complexity index is 328. The molecule has 0 fully saturated rings. The number of esters is 1. The van der Waals surface area contributed by atoms with E-state index in [4.69, 9.17) is 5.11 Å². The molecule has 0 aromatic rings. The van der Waals surface area contributed by atoms with Gasteiger partial charge in [0, 0.05) is 25.8 Å². The lowest BCUT2D eigenvalue weighted by Crippen LogP contribution is -2.31. The third-order valence-electron chi connectivity index (χ3n) is 2.87. The van der Waals surface area contributed by atoms with Crippen molar-refractivity contribution >= 4 is 17.8 Å². The molecule has 0 radical (unpaired) electrons. The van der Waals surface area contributed by atoms with Crippen molar-refractivity contribution < 1.29 is 24.2 Å². The van der Waals surface area contributed by atoms with Gasteiger partial charge >= 0.3 is 11.9 Å². The number of carbonyl (C=O) groups is 3. The zero-order chi connectivity index (χ0) is 15.5. The number of carboxylic acids is 1. The normalized spacial score (nSPS) is 12.0. The van der Waals surface area contributed by atoms with Crippen molar-refractivity contribution in [1.29, 1.82) is 0 Å². The topological polar surface area (TPSA) is 92.7 Å². The molecule has 0 aromatic carbocycles. The predicted octanol–water partition coefficient (Wildman–Crippen LogP) is 1.58. The van der Waals surface area contributed by atoms with Gasteiger partial charge in [-0.05, 0) is 24.7 Å². The van der Waals surface area contributed by atoms with Crippen LogP contribution >= 0.6 is 0 Å². The molecule has 0 saturated carbocycles. The summed E-state index contributed by atoms with van der Waals surface area (Å²) >= 11 is 0. The van der Waals surface area contributed by atoms with Crippen LogP contribution in [-0.4, -0.2) is 36.6 Å². The fraction of sp³-hybridized carbons (Fsp3) is 0.786. The standard InChI is InChI=1S/C14H25NO5/c1-10(2)7-11(8-13(17)18)9-15-12(16)5-4-6-14(19)20-3/h10-11H,4-9H2,1-3H3,(H,15,16)(H,17,18). The number of hydrogen-bond donors (Lipinski definition) is 2. The van der Waals surface area contributed by atoms with Gasteiger partial charge in [-0.3, -0.25) is 14.4 Å². The van der Waals surface area contributed by atoms with Gasteiger partial charge in [0.25, 0.3) is 0 Å². The van der Waals surface area contributed by atoms with Crippen molar-refractivity contribution in [2.24, 2.45) is 11.8 Å². The molecule has 6 heteroatoms. The van der Waals surface area contributed by atoms with Crippen LogP contribution in [0.3, 0.4) is 0 Å². The molecule has 0 aliphatic heterocycles. The lowest BCUT2D eigenvalue weighted by Gasteiger charge is -2.17. The summed E-state index contributed by atoms with van der Waals surface area (Å²) in [6.07, 6.45) is 1.71. The number of carbonyl (C=O) groups excluding carboxylic acids is 2. The van der Waals surface area contributed by atoms with Crippen LogP contribution in [0.25, 0.3) is 0 Å². The van der Waals surface area contributed by atoms with Gasteiger partial charge in [-0.2, -0.15) is 0 Å². The van der Waals surface area contributed by atoms with Crippen molar-refractivity contribution in [1.82, 2.24) is 5.32 Å². The Kier molecular flexibility index (Phi) is 9.41. The number of amides is 1. The SMILES string of the molecule is COC(=O)CCCC(=O)NCC(CC(=O)O)CC(C)C. The Morgan fingerprint density at radius 2 is 1.85 bits per heavy atom. The summed E-state index contributed by atoms with van der Waals surface area (Å²) in [5.41, 5.74) is 0. The number of hydrogen-bond acceptors (Lipinski definition) is 4. The van der Waals surface area contributed by atoms with Gasteiger partial charge in [0.1, 0.15) is 0 Å². The molecule has 0 rings (SSSR count). The van der Waals surface area contributed by atoms with E-state index in [0.29, 0.717) is 18.9 Å². The lowest BCUT2D eigenvalue weighted by atomic mass is 9.94. The summed E-state index contributed by atoms with van der Waals surface area (Å²) in [4.78, 5) is 33.2. The minimum Gasteiger partial charge on any atom is -0.481 e. The molecule has 20 heavy (non-hydrogen) atoms. The first-order valence-corrected chi connectivity index (χ1v) is 6.90. The molecule has 6 nitrogen and oxygen atoms in total. The first-order valence-electron chi connectivity index (χ1n) is 6.90. The highest BCUT2D eigenvalue weighted by molar-refractivity contribution is 5.77. The molecule has 0 heterocycles. The molecular weight excluding hydrogens is 262 g/mol. The number of aliphatic carboxylic acids is 1. The molecule has 116 valence electrons. The highest BCUT2D eigenvalue weighted by Crippen LogP contribution is 2.14. The Morgan fingerprint density at radius 3 is 2.35 bits per heavy atom. The van der Waals surface area contributed by atoms with E-state index in [1.54, 1.807) is 0 Å². The van der Waals surface area contributed by atoms with E-state index in [1.807, 2.05) is 13.8 Å². The van der Waals surface area contributed by atoms with Crippen LogP contribution in [0, 0.1) is 11.8 Å². The summed E-state index contributed by atoms with van der Waals surface area (Å²) < 4.78 is 4.48. The van der Waals surface area contributed by atoms with Gasteiger partial charge in [-0.15, -0.1) is 0 Å². The molecule has 0 bridgehead atoms. The Morgan fingerprint density at radius 1 is 1.20 bits per heavy atom. The Hall–Kier alpha value is -1.59. The summed E-state index contributed by atoms with van der Waals surface area (Å²) in [5, 5.41) is 11.6. The maximum atomic E-state index is 11.6. The average molecular weight is 287 g/mol. The summed E-state index contributed by atoms with van der Waals surface area (Å²) in [6.45, 7) is 4.40. The first-order chi connectivity index (χ1) is 9.35. The van der Waals surface area contributed by atoms with Crippen molar-refractivity contribution in [3.63, 3.8) is 0 Å². The van der Waals surface area contributed by atoms with E-state index in [1.165, 1.54) is 7.11 Å². The smallest absolute Gasteiger partial charge is 0.305 e. The van der Waals surface area contributed by atoms with Gasteiger partial charge in [0.05, 0.1) is 7.11 Å². The van der Waals surface area contributed by atoms with Crippen LogP contribution in [0.1, 0.15) is 46.0 Å². The lowest BCUT2D eigenvalue weighted by molar-refractivity contribution is -0.141. The fourth-order valence-electron chi connectivity index (χ4n) is 1.99. The van der Waals surface area contributed by atoms with Gasteiger partial charge < -0.3 is 15.2 Å². The zero-order valence-electron chi connectivity index (χ0n) is 12.5. The Balaban J connectivity index is 3.97. The van der Waals surface area contributed by atoms with Crippen molar-refractivity contribution in [3.05, 3.63) is 0 Å². The number of rotatable bonds is 10. The Labute approximate surface area is 119 Å². The second-order valence-corrected chi connectivity index (χ2v) is 5.33. The van der Waals surface area contributed by atoms with E-state index < -0.39 is 5.97 Å². The van der Waals surface area contributed by atoms with E-state index in [2.05, 4.69) is 10.1 Å². The van der Waals surface area contributed by atoms with Gasteiger partial charge in [0.15, 0.2) is 0 Å². The van der Waals surface area contributed by atoms with E-state index in [0.717, 1.165) is 6.42 Å². The number of nitrogens with one attached hydrogen (secondary N) is 1. The molecule has 0 spiro atoms. The first kappa shape index (κ1) is 18.4. The van der Waals surface area contributed by atoms with Crippen molar-refractivity contribution in [2.45, 2.75) is 46.0 Å². The van der Waals surface area contributed by atoms with E-state index in [9.17, 15) is 14.4 Å². The maximum Gasteiger partial charge on any atom is 0.305 e. The highest BCUT2D eigenvalue weighted by atomic mass is 16.5.